The van der Waals surface area contributed by atoms with Gasteiger partial charge in [0.15, 0.2) is 11.3 Å². The molecule has 2 aromatic heterocycles. The first-order chi connectivity index (χ1) is 7.27. The Bertz CT molecular complexity index is 665. The van der Waals surface area contributed by atoms with Gasteiger partial charge in [0.2, 0.25) is 0 Å². The Morgan fingerprint density at radius 2 is 2.13 bits per heavy atom. The molecule has 0 radical (unpaired) electrons. The van der Waals surface area contributed by atoms with Crippen molar-refractivity contribution in [3.8, 4) is 0 Å². The summed E-state index contributed by atoms with van der Waals surface area (Å²) in [5.74, 6) is -0.998. The van der Waals surface area contributed by atoms with Gasteiger partial charge in [-0.3, -0.25) is 5.10 Å². The van der Waals surface area contributed by atoms with Gasteiger partial charge in [0.1, 0.15) is 0 Å². The van der Waals surface area contributed by atoms with E-state index in [1.54, 1.807) is 0 Å². The third kappa shape index (κ3) is 0.969. The Balaban J connectivity index is 2.54. The lowest BCUT2D eigenvalue weighted by atomic mass is 10.2. The lowest BCUT2D eigenvalue weighted by molar-refractivity contribution is 0.0692. The highest BCUT2D eigenvalue weighted by Gasteiger charge is 2.16. The van der Waals surface area contributed by atoms with Gasteiger partial charge in [-0.05, 0) is 6.07 Å². The van der Waals surface area contributed by atoms with E-state index in [9.17, 15) is 4.79 Å². The zero-order valence-corrected chi connectivity index (χ0v) is 7.61. The van der Waals surface area contributed by atoms with Crippen LogP contribution in [0.4, 0.5) is 0 Å². The van der Waals surface area contributed by atoms with Gasteiger partial charge in [0.25, 0.3) is 0 Å². The number of carboxylic acid groups (broad SMARTS) is 1. The molecule has 0 bridgehead atoms. The van der Waals surface area contributed by atoms with Crippen LogP contribution in [0.25, 0.3) is 21.9 Å². The monoisotopic (exact) mass is 201 g/mol. The predicted octanol–water partition coefficient (Wildman–Crippen LogP) is 1.74. The average molecular weight is 201 g/mol. The fourth-order valence-corrected chi connectivity index (χ4v) is 1.79. The highest BCUT2D eigenvalue weighted by molar-refractivity contribution is 6.14. The molecule has 2 heterocycles. The fourth-order valence-electron chi connectivity index (χ4n) is 1.79. The van der Waals surface area contributed by atoms with Crippen molar-refractivity contribution < 1.29 is 9.90 Å². The second-order valence-electron chi connectivity index (χ2n) is 3.30. The van der Waals surface area contributed by atoms with Crippen LogP contribution in [0.2, 0.25) is 0 Å². The fraction of sp³-hybridized carbons (Fsp3) is 0. The number of nitrogens with one attached hydrogen (secondary N) is 2. The summed E-state index contributed by atoms with van der Waals surface area (Å²) in [5.41, 5.74) is 1.60. The van der Waals surface area contributed by atoms with Crippen LogP contribution in [0, 0.1) is 0 Å². The van der Waals surface area contributed by atoms with E-state index in [2.05, 4.69) is 15.2 Å². The summed E-state index contributed by atoms with van der Waals surface area (Å²) in [6.45, 7) is 0. The Labute approximate surface area is 83.7 Å². The van der Waals surface area contributed by atoms with Gasteiger partial charge >= 0.3 is 5.97 Å². The number of carbonyl (C=O) groups is 1. The normalized spacial score (nSPS) is 11.2. The number of hydrogen-bond donors (Lipinski definition) is 3. The lowest BCUT2D eigenvalue weighted by Crippen LogP contribution is -1.96. The molecular formula is C10H7N3O2. The Morgan fingerprint density at radius 3 is 2.93 bits per heavy atom. The minimum Gasteiger partial charge on any atom is -0.477 e. The second-order valence-corrected chi connectivity index (χ2v) is 3.30. The largest absolute Gasteiger partial charge is 0.477 e. The minimum absolute atomic E-state index is 0.127. The van der Waals surface area contributed by atoms with Gasteiger partial charge in [-0.25, -0.2) is 4.79 Å². The van der Waals surface area contributed by atoms with Crippen molar-refractivity contribution in [2.24, 2.45) is 0 Å². The molecule has 0 aliphatic heterocycles. The summed E-state index contributed by atoms with van der Waals surface area (Å²) >= 11 is 0. The molecule has 0 spiro atoms. The van der Waals surface area contributed by atoms with Gasteiger partial charge < -0.3 is 10.1 Å². The van der Waals surface area contributed by atoms with Crippen LogP contribution in [-0.4, -0.2) is 26.3 Å². The molecule has 3 N–H and O–H groups in total. The van der Waals surface area contributed by atoms with Crippen LogP contribution in [-0.2, 0) is 0 Å². The van der Waals surface area contributed by atoms with E-state index in [4.69, 9.17) is 5.11 Å². The molecule has 74 valence electrons. The van der Waals surface area contributed by atoms with E-state index in [0.29, 0.717) is 11.0 Å². The molecule has 0 saturated carbocycles. The van der Waals surface area contributed by atoms with Crippen LogP contribution in [0.5, 0.6) is 0 Å². The maximum atomic E-state index is 10.9. The van der Waals surface area contributed by atoms with Crippen LogP contribution in [0.1, 0.15) is 10.5 Å². The van der Waals surface area contributed by atoms with Crippen molar-refractivity contribution in [2.45, 2.75) is 0 Å². The first-order valence-corrected chi connectivity index (χ1v) is 4.45. The Hall–Kier alpha value is -2.30. The van der Waals surface area contributed by atoms with Crippen molar-refractivity contribution in [1.29, 1.82) is 0 Å². The maximum absolute atomic E-state index is 10.9. The summed E-state index contributed by atoms with van der Waals surface area (Å²) in [6, 6.07) is 7.52. The number of hydrogen-bond acceptors (Lipinski definition) is 2. The zero-order valence-electron chi connectivity index (χ0n) is 7.61. The molecule has 0 aliphatic rings. The van der Waals surface area contributed by atoms with E-state index >= 15 is 0 Å². The standard InChI is InChI=1S/C10H7N3O2/c14-10(15)8-7-5-3-1-2-4-6(5)11-9(7)13-12-8/h1-4H,(H,14,15)(H2,11,12,13). The first-order valence-electron chi connectivity index (χ1n) is 4.45. The number of aromatic carboxylic acids is 1. The molecule has 1 aromatic carbocycles. The molecule has 3 aromatic rings. The molecule has 0 fully saturated rings. The highest BCUT2D eigenvalue weighted by Crippen LogP contribution is 2.26. The van der Waals surface area contributed by atoms with E-state index in [-0.39, 0.29) is 5.69 Å². The summed E-state index contributed by atoms with van der Waals surface area (Å²) in [7, 11) is 0. The first kappa shape index (κ1) is 8.05. The predicted molar refractivity (Wildman–Crippen MR) is 54.9 cm³/mol. The van der Waals surface area contributed by atoms with E-state index in [1.807, 2.05) is 24.3 Å². The van der Waals surface area contributed by atoms with E-state index in [0.717, 1.165) is 10.9 Å². The van der Waals surface area contributed by atoms with E-state index in [1.165, 1.54) is 0 Å². The summed E-state index contributed by atoms with van der Waals surface area (Å²) in [5, 5.41) is 16.9. The summed E-state index contributed by atoms with van der Waals surface area (Å²) in [4.78, 5) is 14.0. The van der Waals surface area contributed by atoms with Crippen molar-refractivity contribution in [2.75, 3.05) is 0 Å². The van der Waals surface area contributed by atoms with Crippen LogP contribution in [0.3, 0.4) is 0 Å². The molecular weight excluding hydrogens is 194 g/mol. The molecule has 15 heavy (non-hydrogen) atoms. The van der Waals surface area contributed by atoms with Gasteiger partial charge in [0, 0.05) is 10.9 Å². The number of carboxylic acids is 1. The van der Waals surface area contributed by atoms with Crippen LogP contribution >= 0.6 is 0 Å². The Kier molecular flexibility index (Phi) is 1.39. The number of nitrogens with zero attached hydrogens (tertiary/aromatic N) is 1. The molecule has 0 saturated heterocycles. The number of para-hydroxylation sites is 1. The second kappa shape index (κ2) is 2.60. The maximum Gasteiger partial charge on any atom is 0.354 e. The SMILES string of the molecule is O=C(O)c1[nH]nc2[nH]c3ccccc3c12. The molecule has 0 amide bonds. The molecule has 0 unspecified atom stereocenters. The van der Waals surface area contributed by atoms with Gasteiger partial charge in [0.05, 0.1) is 5.39 Å². The van der Waals surface area contributed by atoms with Gasteiger partial charge in [-0.1, -0.05) is 18.2 Å². The number of aromatic nitrogens is 3. The molecule has 3 rings (SSSR count). The van der Waals surface area contributed by atoms with Gasteiger partial charge in [-0.2, -0.15) is 5.10 Å². The van der Waals surface area contributed by atoms with Crippen molar-refractivity contribution in [3.63, 3.8) is 0 Å². The van der Waals surface area contributed by atoms with Crippen molar-refractivity contribution in [1.82, 2.24) is 15.2 Å². The van der Waals surface area contributed by atoms with Crippen molar-refractivity contribution in [3.05, 3.63) is 30.0 Å². The summed E-state index contributed by atoms with van der Waals surface area (Å²) < 4.78 is 0. The van der Waals surface area contributed by atoms with Gasteiger partial charge in [-0.15, -0.1) is 0 Å². The van der Waals surface area contributed by atoms with Crippen molar-refractivity contribution >= 4 is 27.9 Å². The third-order valence-corrected chi connectivity index (χ3v) is 2.43. The smallest absolute Gasteiger partial charge is 0.354 e. The average Bonchev–Trinajstić information content (AvgIpc) is 2.74. The zero-order chi connectivity index (χ0) is 10.4. The number of aromatic amines is 2. The Morgan fingerprint density at radius 1 is 1.33 bits per heavy atom. The van der Waals surface area contributed by atoms with Crippen LogP contribution < -0.4 is 0 Å². The number of fused-ring (bicyclic) bond motifs is 3. The van der Waals surface area contributed by atoms with E-state index < -0.39 is 5.97 Å². The highest BCUT2D eigenvalue weighted by atomic mass is 16.4. The molecule has 0 atom stereocenters. The number of H-pyrrole nitrogens is 2. The van der Waals surface area contributed by atoms with Crippen LogP contribution in [0.15, 0.2) is 24.3 Å². The minimum atomic E-state index is -0.998. The molecule has 5 heteroatoms. The lowest BCUT2D eigenvalue weighted by Gasteiger charge is -1.90. The third-order valence-electron chi connectivity index (χ3n) is 2.43. The summed E-state index contributed by atoms with van der Waals surface area (Å²) in [6.07, 6.45) is 0. The number of benzene rings is 1. The molecule has 5 nitrogen and oxygen atoms in total. The molecule has 0 aliphatic carbocycles. The topological polar surface area (TPSA) is 81.8 Å². The number of rotatable bonds is 1. The quantitative estimate of drug-likeness (QED) is 0.560.